The Labute approximate surface area is 105 Å². The topological polar surface area (TPSA) is 55.3 Å². The average molecular weight is 261 g/mol. The summed E-state index contributed by atoms with van der Waals surface area (Å²) in [7, 11) is 0. The predicted molar refractivity (Wildman–Crippen MR) is 64.8 cm³/mol. The number of hydrogen-bond acceptors (Lipinski definition) is 3. The normalized spacial score (nSPS) is 12.1. The van der Waals surface area contributed by atoms with E-state index in [0.29, 0.717) is 32.7 Å². The molecule has 1 aromatic rings. The van der Waals surface area contributed by atoms with Crippen molar-refractivity contribution in [2.24, 2.45) is 11.5 Å². The molecule has 0 amide bonds. The molecule has 0 aromatic heterocycles. The van der Waals surface area contributed by atoms with Gasteiger partial charge in [0.05, 0.1) is 5.56 Å². The Balaban J connectivity index is 2.67. The van der Waals surface area contributed by atoms with E-state index in [0.717, 1.165) is 17.7 Å². The summed E-state index contributed by atoms with van der Waals surface area (Å²) < 4.78 is 37.1. The van der Waals surface area contributed by atoms with Crippen LogP contribution in [0.1, 0.15) is 11.1 Å². The predicted octanol–water partition coefficient (Wildman–Crippen LogP) is 1.42. The molecule has 0 radical (unpaired) electrons. The van der Waals surface area contributed by atoms with Crippen molar-refractivity contribution in [1.82, 2.24) is 4.90 Å². The van der Waals surface area contributed by atoms with Gasteiger partial charge in [-0.1, -0.05) is 12.1 Å². The summed E-state index contributed by atoms with van der Waals surface area (Å²) in [5, 5.41) is 0. The summed E-state index contributed by atoms with van der Waals surface area (Å²) in [6.45, 7) is 2.92. The summed E-state index contributed by atoms with van der Waals surface area (Å²) >= 11 is 0. The zero-order valence-corrected chi connectivity index (χ0v) is 10.1. The van der Waals surface area contributed by atoms with Crippen LogP contribution in [0.25, 0.3) is 0 Å². The Bertz CT molecular complexity index is 343. The highest BCUT2D eigenvalue weighted by atomic mass is 19.4. The summed E-state index contributed by atoms with van der Waals surface area (Å²) in [4.78, 5) is 2.02. The highest BCUT2D eigenvalue weighted by Crippen LogP contribution is 2.29. The fourth-order valence-electron chi connectivity index (χ4n) is 1.69. The molecule has 0 fully saturated rings. The van der Waals surface area contributed by atoms with E-state index < -0.39 is 11.7 Å². The quantitative estimate of drug-likeness (QED) is 0.814. The number of nitrogens with zero attached hydrogens (tertiary/aromatic N) is 1. The molecule has 0 spiro atoms. The van der Waals surface area contributed by atoms with Crippen LogP contribution in [0.5, 0.6) is 0 Å². The van der Waals surface area contributed by atoms with E-state index in [4.69, 9.17) is 11.5 Å². The number of rotatable bonds is 6. The molecule has 3 nitrogen and oxygen atoms in total. The van der Waals surface area contributed by atoms with Gasteiger partial charge in [-0.25, -0.2) is 0 Å². The third kappa shape index (κ3) is 4.64. The van der Waals surface area contributed by atoms with E-state index in [1.54, 1.807) is 0 Å². The van der Waals surface area contributed by atoms with E-state index in [-0.39, 0.29) is 0 Å². The van der Waals surface area contributed by atoms with Crippen LogP contribution in [-0.4, -0.2) is 31.1 Å². The van der Waals surface area contributed by atoms with Gasteiger partial charge in [0.15, 0.2) is 0 Å². The van der Waals surface area contributed by atoms with Gasteiger partial charge in [0, 0.05) is 32.7 Å². The van der Waals surface area contributed by atoms with Crippen LogP contribution in [0.2, 0.25) is 0 Å². The van der Waals surface area contributed by atoms with Crippen LogP contribution in [0.4, 0.5) is 13.2 Å². The maximum atomic E-state index is 12.4. The lowest BCUT2D eigenvalue weighted by Gasteiger charge is -2.20. The molecular formula is C12H18F3N3. The van der Waals surface area contributed by atoms with Gasteiger partial charge in [0.2, 0.25) is 0 Å². The van der Waals surface area contributed by atoms with Crippen LogP contribution < -0.4 is 11.5 Å². The van der Waals surface area contributed by atoms with Gasteiger partial charge in [-0.3, -0.25) is 4.90 Å². The Morgan fingerprint density at radius 3 is 1.83 bits per heavy atom. The molecule has 0 atom stereocenters. The number of hydrogen-bond donors (Lipinski definition) is 2. The fourth-order valence-corrected chi connectivity index (χ4v) is 1.69. The largest absolute Gasteiger partial charge is 0.416 e. The molecular weight excluding hydrogens is 243 g/mol. The molecule has 0 unspecified atom stereocenters. The summed E-state index contributed by atoms with van der Waals surface area (Å²) in [6, 6.07) is 5.17. The van der Waals surface area contributed by atoms with E-state index >= 15 is 0 Å². The van der Waals surface area contributed by atoms with Gasteiger partial charge in [-0.2, -0.15) is 13.2 Å². The lowest BCUT2D eigenvalue weighted by Crippen LogP contribution is -2.33. The van der Waals surface area contributed by atoms with Crippen LogP contribution >= 0.6 is 0 Å². The van der Waals surface area contributed by atoms with Gasteiger partial charge in [0.1, 0.15) is 0 Å². The first kappa shape index (κ1) is 14.9. The second kappa shape index (κ2) is 6.72. The molecule has 0 aliphatic carbocycles. The smallest absolute Gasteiger partial charge is 0.329 e. The van der Waals surface area contributed by atoms with E-state index in [2.05, 4.69) is 0 Å². The highest BCUT2D eigenvalue weighted by molar-refractivity contribution is 5.24. The molecule has 1 aromatic carbocycles. The van der Waals surface area contributed by atoms with Crippen molar-refractivity contribution in [2.75, 3.05) is 26.2 Å². The van der Waals surface area contributed by atoms with Gasteiger partial charge in [-0.05, 0) is 17.7 Å². The van der Waals surface area contributed by atoms with E-state index in [1.807, 2.05) is 4.90 Å². The van der Waals surface area contributed by atoms with Crippen molar-refractivity contribution >= 4 is 0 Å². The zero-order valence-electron chi connectivity index (χ0n) is 10.1. The Hall–Kier alpha value is -1.11. The van der Waals surface area contributed by atoms with Gasteiger partial charge in [0.25, 0.3) is 0 Å². The molecule has 1 rings (SSSR count). The average Bonchev–Trinajstić information content (AvgIpc) is 2.29. The zero-order chi connectivity index (χ0) is 13.6. The van der Waals surface area contributed by atoms with Crippen molar-refractivity contribution in [3.8, 4) is 0 Å². The summed E-state index contributed by atoms with van der Waals surface area (Å²) in [5.74, 6) is 0. The number of alkyl halides is 3. The number of halogens is 3. The summed E-state index contributed by atoms with van der Waals surface area (Å²) in [6.07, 6.45) is -4.28. The molecule has 0 aliphatic heterocycles. The van der Waals surface area contributed by atoms with Crippen LogP contribution in [0, 0.1) is 0 Å². The Kier molecular flexibility index (Phi) is 5.58. The molecule has 18 heavy (non-hydrogen) atoms. The fraction of sp³-hybridized carbons (Fsp3) is 0.500. The third-order valence-electron chi connectivity index (χ3n) is 2.58. The van der Waals surface area contributed by atoms with Crippen LogP contribution in [0.3, 0.4) is 0 Å². The van der Waals surface area contributed by atoms with Crippen molar-refractivity contribution in [2.45, 2.75) is 12.7 Å². The molecule has 0 saturated carbocycles. The van der Waals surface area contributed by atoms with E-state index in [1.165, 1.54) is 12.1 Å². The maximum Gasteiger partial charge on any atom is 0.416 e. The minimum Gasteiger partial charge on any atom is -0.329 e. The third-order valence-corrected chi connectivity index (χ3v) is 2.58. The molecule has 0 saturated heterocycles. The van der Waals surface area contributed by atoms with Gasteiger partial charge >= 0.3 is 6.18 Å². The SMILES string of the molecule is NCCN(CCN)Cc1ccc(C(F)(F)F)cc1. The van der Waals surface area contributed by atoms with Gasteiger partial charge < -0.3 is 11.5 Å². The first-order valence-corrected chi connectivity index (χ1v) is 5.76. The number of benzene rings is 1. The first-order valence-electron chi connectivity index (χ1n) is 5.76. The van der Waals surface area contributed by atoms with Crippen molar-refractivity contribution in [1.29, 1.82) is 0 Å². The molecule has 6 heteroatoms. The lowest BCUT2D eigenvalue weighted by molar-refractivity contribution is -0.137. The lowest BCUT2D eigenvalue weighted by atomic mass is 10.1. The van der Waals surface area contributed by atoms with Crippen molar-refractivity contribution < 1.29 is 13.2 Å². The Morgan fingerprint density at radius 1 is 0.944 bits per heavy atom. The molecule has 102 valence electrons. The molecule has 0 heterocycles. The van der Waals surface area contributed by atoms with Crippen molar-refractivity contribution in [3.05, 3.63) is 35.4 Å². The molecule has 0 bridgehead atoms. The van der Waals surface area contributed by atoms with E-state index in [9.17, 15) is 13.2 Å². The van der Waals surface area contributed by atoms with Crippen LogP contribution in [0.15, 0.2) is 24.3 Å². The standard InChI is InChI=1S/C12H18F3N3/c13-12(14,15)11-3-1-10(2-4-11)9-18(7-5-16)8-6-17/h1-4H,5-9,16-17H2. The minimum absolute atomic E-state index is 0.501. The maximum absolute atomic E-state index is 12.4. The monoisotopic (exact) mass is 261 g/mol. The Morgan fingerprint density at radius 2 is 1.44 bits per heavy atom. The first-order chi connectivity index (χ1) is 8.47. The molecule has 0 aliphatic rings. The highest BCUT2D eigenvalue weighted by Gasteiger charge is 2.29. The van der Waals surface area contributed by atoms with Gasteiger partial charge in [-0.15, -0.1) is 0 Å². The number of nitrogens with two attached hydrogens (primary N) is 2. The van der Waals surface area contributed by atoms with Crippen LogP contribution in [-0.2, 0) is 12.7 Å². The molecule has 4 N–H and O–H groups in total. The minimum atomic E-state index is -4.28. The summed E-state index contributed by atoms with van der Waals surface area (Å²) in [5.41, 5.74) is 11.1. The van der Waals surface area contributed by atoms with Crippen molar-refractivity contribution in [3.63, 3.8) is 0 Å². The second-order valence-electron chi connectivity index (χ2n) is 4.05. The second-order valence-corrected chi connectivity index (χ2v) is 4.05.